The maximum Gasteiger partial charge on any atom is 0.241 e. The molecular weight excluding hydrogens is 352 g/mol. The Morgan fingerprint density at radius 3 is 2.58 bits per heavy atom. The standard InChI is InChI=1S/C18H22N4O3S/c23-18-17(8-12-22(18)14-15-4-2-1-3-5-15)21-26(24,25)13-11-20-16-6-9-19-10-7-16/h1-7,9-10,17,21H,8,11-14H2,(H,19,20)/t17-/m0/s1. The average Bonchev–Trinajstić information content (AvgIpc) is 2.96. The number of nitrogens with one attached hydrogen (secondary N) is 2. The van der Waals surface area contributed by atoms with Crippen molar-refractivity contribution in [2.75, 3.05) is 24.2 Å². The number of carbonyl (C=O) groups is 1. The van der Waals surface area contributed by atoms with Crippen molar-refractivity contribution < 1.29 is 13.2 Å². The molecule has 2 N–H and O–H groups in total. The van der Waals surface area contributed by atoms with Gasteiger partial charge in [0.1, 0.15) is 6.04 Å². The number of amides is 1. The molecule has 0 unspecified atom stereocenters. The number of sulfonamides is 1. The zero-order chi connectivity index (χ0) is 18.4. The molecule has 0 bridgehead atoms. The first-order valence-electron chi connectivity index (χ1n) is 8.50. The first kappa shape index (κ1) is 18.3. The number of hydrogen-bond acceptors (Lipinski definition) is 5. The molecule has 3 rings (SSSR count). The Hall–Kier alpha value is -2.45. The summed E-state index contributed by atoms with van der Waals surface area (Å²) < 4.78 is 27.0. The predicted octanol–water partition coefficient (Wildman–Crippen LogP) is 1.21. The van der Waals surface area contributed by atoms with E-state index in [1.54, 1.807) is 29.4 Å². The molecule has 0 aliphatic carbocycles. The number of anilines is 1. The van der Waals surface area contributed by atoms with E-state index in [2.05, 4.69) is 15.0 Å². The Balaban J connectivity index is 1.49. The monoisotopic (exact) mass is 374 g/mol. The minimum Gasteiger partial charge on any atom is -0.384 e. The highest BCUT2D eigenvalue weighted by atomic mass is 32.2. The molecule has 1 aliphatic heterocycles. The number of nitrogens with zero attached hydrogens (tertiary/aromatic N) is 2. The van der Waals surface area contributed by atoms with Crippen LogP contribution < -0.4 is 10.0 Å². The molecule has 0 spiro atoms. The molecule has 2 heterocycles. The largest absolute Gasteiger partial charge is 0.384 e. The highest BCUT2D eigenvalue weighted by Gasteiger charge is 2.34. The highest BCUT2D eigenvalue weighted by Crippen LogP contribution is 2.16. The lowest BCUT2D eigenvalue weighted by molar-refractivity contribution is -0.129. The number of pyridine rings is 1. The molecule has 0 radical (unpaired) electrons. The second-order valence-electron chi connectivity index (χ2n) is 6.19. The minimum absolute atomic E-state index is 0.0994. The summed E-state index contributed by atoms with van der Waals surface area (Å²) in [5, 5.41) is 3.02. The first-order chi connectivity index (χ1) is 12.5. The van der Waals surface area contributed by atoms with Crippen LogP contribution in [0.2, 0.25) is 0 Å². The van der Waals surface area contributed by atoms with Crippen LogP contribution >= 0.6 is 0 Å². The van der Waals surface area contributed by atoms with Gasteiger partial charge in [-0.25, -0.2) is 13.1 Å². The molecule has 1 amide bonds. The molecule has 1 fully saturated rings. The molecule has 26 heavy (non-hydrogen) atoms. The minimum atomic E-state index is -3.54. The summed E-state index contributed by atoms with van der Waals surface area (Å²) in [5.74, 6) is -0.267. The third-order valence-electron chi connectivity index (χ3n) is 4.22. The smallest absolute Gasteiger partial charge is 0.241 e. The number of carbonyl (C=O) groups excluding carboxylic acids is 1. The quantitative estimate of drug-likeness (QED) is 0.725. The molecular formula is C18H22N4O3S. The van der Waals surface area contributed by atoms with Crippen molar-refractivity contribution in [3.63, 3.8) is 0 Å². The molecule has 7 nitrogen and oxygen atoms in total. The third kappa shape index (κ3) is 5.03. The molecule has 1 aromatic carbocycles. The van der Waals surface area contributed by atoms with Crippen molar-refractivity contribution in [1.82, 2.24) is 14.6 Å². The van der Waals surface area contributed by atoms with E-state index in [0.717, 1.165) is 11.3 Å². The zero-order valence-corrected chi connectivity index (χ0v) is 15.2. The van der Waals surface area contributed by atoms with E-state index in [1.165, 1.54) is 0 Å². The van der Waals surface area contributed by atoms with Gasteiger partial charge in [0.05, 0.1) is 5.75 Å². The molecule has 2 aromatic rings. The summed E-state index contributed by atoms with van der Waals surface area (Å²) >= 11 is 0. The van der Waals surface area contributed by atoms with Crippen LogP contribution in [0.1, 0.15) is 12.0 Å². The number of likely N-dealkylation sites (tertiary alicyclic amines) is 1. The Bertz CT molecular complexity index is 828. The normalized spacial score (nSPS) is 17.5. The lowest BCUT2D eigenvalue weighted by Gasteiger charge is -2.17. The SMILES string of the molecule is O=C1[C@@H](NS(=O)(=O)CCNc2ccncc2)CCN1Cc1ccccc1. The molecule has 0 saturated carbocycles. The maximum absolute atomic E-state index is 12.5. The Kier molecular flexibility index (Phi) is 5.85. The molecule has 8 heteroatoms. The Morgan fingerprint density at radius 1 is 1.12 bits per heavy atom. The van der Waals surface area contributed by atoms with Crippen LogP contribution in [-0.2, 0) is 21.4 Å². The fourth-order valence-electron chi connectivity index (χ4n) is 2.88. The second kappa shape index (κ2) is 8.29. The maximum atomic E-state index is 12.5. The predicted molar refractivity (Wildman–Crippen MR) is 99.9 cm³/mol. The van der Waals surface area contributed by atoms with Gasteiger partial charge in [0, 0.05) is 37.7 Å². The van der Waals surface area contributed by atoms with E-state index in [0.29, 0.717) is 19.5 Å². The van der Waals surface area contributed by atoms with Gasteiger partial charge in [0.25, 0.3) is 0 Å². The summed E-state index contributed by atoms with van der Waals surface area (Å²) in [6, 6.07) is 12.5. The van der Waals surface area contributed by atoms with Crippen molar-refractivity contribution in [3.8, 4) is 0 Å². The van der Waals surface area contributed by atoms with Gasteiger partial charge in [-0.15, -0.1) is 0 Å². The molecule has 1 saturated heterocycles. The fraction of sp³-hybridized carbons (Fsp3) is 0.333. The fourth-order valence-corrected chi connectivity index (χ4v) is 4.03. The first-order valence-corrected chi connectivity index (χ1v) is 10.2. The van der Waals surface area contributed by atoms with Crippen molar-refractivity contribution in [2.24, 2.45) is 0 Å². The number of hydrogen-bond donors (Lipinski definition) is 2. The van der Waals surface area contributed by atoms with Crippen molar-refractivity contribution in [3.05, 3.63) is 60.4 Å². The second-order valence-corrected chi connectivity index (χ2v) is 8.06. The van der Waals surface area contributed by atoms with Crippen molar-refractivity contribution >= 4 is 21.6 Å². The van der Waals surface area contributed by atoms with Gasteiger partial charge in [-0.1, -0.05) is 30.3 Å². The van der Waals surface area contributed by atoms with E-state index in [1.807, 2.05) is 30.3 Å². The van der Waals surface area contributed by atoms with Crippen molar-refractivity contribution in [1.29, 1.82) is 0 Å². The van der Waals surface area contributed by atoms with Gasteiger partial charge in [0.2, 0.25) is 15.9 Å². The number of benzene rings is 1. The van der Waals surface area contributed by atoms with Crippen LogP contribution in [-0.4, -0.2) is 49.1 Å². The molecule has 1 aromatic heterocycles. The highest BCUT2D eigenvalue weighted by molar-refractivity contribution is 7.89. The van der Waals surface area contributed by atoms with Crippen molar-refractivity contribution in [2.45, 2.75) is 19.0 Å². The molecule has 1 atom stereocenters. The van der Waals surface area contributed by atoms with E-state index in [4.69, 9.17) is 0 Å². The average molecular weight is 374 g/mol. The Labute approximate surface area is 153 Å². The molecule has 1 aliphatic rings. The van der Waals surface area contributed by atoms with Crippen LogP contribution in [0.25, 0.3) is 0 Å². The summed E-state index contributed by atoms with van der Waals surface area (Å²) in [6.45, 7) is 1.31. The van der Waals surface area contributed by atoms with Gasteiger partial charge in [0.15, 0.2) is 0 Å². The zero-order valence-electron chi connectivity index (χ0n) is 14.3. The van der Waals surface area contributed by atoms with Crippen LogP contribution in [0.4, 0.5) is 5.69 Å². The lowest BCUT2D eigenvalue weighted by atomic mass is 10.2. The van der Waals surface area contributed by atoms with Gasteiger partial charge in [-0.05, 0) is 24.1 Å². The van der Waals surface area contributed by atoms with Crippen LogP contribution in [0.5, 0.6) is 0 Å². The van der Waals surface area contributed by atoms with Gasteiger partial charge in [-0.2, -0.15) is 0 Å². The lowest BCUT2D eigenvalue weighted by Crippen LogP contribution is -2.43. The van der Waals surface area contributed by atoms with E-state index >= 15 is 0 Å². The summed E-state index contributed by atoms with van der Waals surface area (Å²) in [4.78, 5) is 18.1. The number of aromatic nitrogens is 1. The van der Waals surface area contributed by atoms with Crippen LogP contribution in [0.15, 0.2) is 54.9 Å². The summed E-state index contributed by atoms with van der Waals surface area (Å²) in [6.07, 6.45) is 3.75. The Morgan fingerprint density at radius 2 is 1.85 bits per heavy atom. The summed E-state index contributed by atoms with van der Waals surface area (Å²) in [7, 11) is -3.54. The van der Waals surface area contributed by atoms with Gasteiger partial charge in [-0.3, -0.25) is 9.78 Å². The van der Waals surface area contributed by atoms with Gasteiger partial charge >= 0.3 is 0 Å². The van der Waals surface area contributed by atoms with E-state index < -0.39 is 16.1 Å². The summed E-state index contributed by atoms with van der Waals surface area (Å²) in [5.41, 5.74) is 1.84. The van der Waals surface area contributed by atoms with Gasteiger partial charge < -0.3 is 10.2 Å². The number of rotatable bonds is 8. The van der Waals surface area contributed by atoms with Crippen LogP contribution in [0.3, 0.4) is 0 Å². The molecule has 138 valence electrons. The topological polar surface area (TPSA) is 91.4 Å². The van der Waals surface area contributed by atoms with E-state index in [9.17, 15) is 13.2 Å². The van der Waals surface area contributed by atoms with E-state index in [-0.39, 0.29) is 18.2 Å². The van der Waals surface area contributed by atoms with Crippen LogP contribution in [0, 0.1) is 0 Å². The third-order valence-corrected chi connectivity index (χ3v) is 5.60.